The fourth-order valence-electron chi connectivity index (χ4n) is 2.37. The molecule has 0 saturated heterocycles. The molecule has 168 valence electrons. The molecule has 0 unspecified atom stereocenters. The Morgan fingerprint density at radius 2 is 1.48 bits per heavy atom. The second-order valence-electron chi connectivity index (χ2n) is 6.91. The minimum atomic E-state index is -0.939. The van der Waals surface area contributed by atoms with Gasteiger partial charge in [-0.1, -0.05) is 25.8 Å². The van der Waals surface area contributed by atoms with Gasteiger partial charge in [-0.05, 0) is 68.3 Å². The second kappa shape index (κ2) is 14.6. The van der Waals surface area contributed by atoms with Crippen LogP contribution in [0.15, 0.2) is 60.7 Å². The average molecular weight is 432 g/mol. The van der Waals surface area contributed by atoms with Gasteiger partial charge in [-0.25, -0.2) is 14.0 Å². The third-order valence-corrected chi connectivity index (χ3v) is 4.11. The summed E-state index contributed by atoms with van der Waals surface area (Å²) in [6, 6.07) is 12.1. The average Bonchev–Trinajstić information content (AvgIpc) is 2.75. The predicted octanol–water partition coefficient (Wildman–Crippen LogP) is 5.24. The number of rotatable bonds is 11. The van der Waals surface area contributed by atoms with Crippen LogP contribution in [0.5, 0.6) is 5.75 Å². The van der Waals surface area contributed by atoms with E-state index in [-0.39, 0.29) is 17.3 Å². The number of carboxylic acid groups (broad SMARTS) is 1. The fraction of sp³-hybridized carbons (Fsp3) is 0.333. The lowest BCUT2D eigenvalue weighted by atomic mass is 10.1. The largest absolute Gasteiger partial charge is 0.494 e. The molecule has 3 N–H and O–H groups in total. The first-order valence-corrected chi connectivity index (χ1v) is 10.1. The molecular weight excluding hydrogens is 401 g/mol. The van der Waals surface area contributed by atoms with Crippen LogP contribution in [0.1, 0.15) is 49.4 Å². The summed E-state index contributed by atoms with van der Waals surface area (Å²) >= 11 is 0. The maximum Gasteiger partial charge on any atom is 0.335 e. The Balaban J connectivity index is 0.000000500. The van der Waals surface area contributed by atoms with Crippen LogP contribution in [0.3, 0.4) is 0 Å². The van der Waals surface area contributed by atoms with Crippen LogP contribution in [0, 0.1) is 5.82 Å². The van der Waals surface area contributed by atoms with Gasteiger partial charge in [-0.3, -0.25) is 0 Å². The highest BCUT2D eigenvalue weighted by atomic mass is 19.1. The number of nitrogen functional groups attached to an aromatic ring is 1. The standard InChI is InChI=1S/C18H24O5.C6H6FN/c1-14(2)18(21)23-13-7-5-3-4-6-12-22-16-10-8-15(9-11-16)17(19)20;7-5-1-3-6(8)4-2-5/h8-11H,1,3-7,12-13H2,2H3,(H,19,20);1-4H,8H2. The molecule has 0 aliphatic heterocycles. The maximum absolute atomic E-state index is 12.0. The monoisotopic (exact) mass is 431 g/mol. The molecule has 0 bridgehead atoms. The molecule has 0 atom stereocenters. The third-order valence-electron chi connectivity index (χ3n) is 4.11. The molecule has 0 radical (unpaired) electrons. The summed E-state index contributed by atoms with van der Waals surface area (Å²) in [4.78, 5) is 21.9. The molecule has 0 aliphatic carbocycles. The van der Waals surface area contributed by atoms with Gasteiger partial charge in [0.15, 0.2) is 0 Å². The van der Waals surface area contributed by atoms with Crippen molar-refractivity contribution >= 4 is 17.6 Å². The zero-order valence-electron chi connectivity index (χ0n) is 17.8. The van der Waals surface area contributed by atoms with Crippen LogP contribution in [-0.2, 0) is 9.53 Å². The van der Waals surface area contributed by atoms with Crippen molar-refractivity contribution in [2.75, 3.05) is 18.9 Å². The highest BCUT2D eigenvalue weighted by Gasteiger charge is 2.03. The van der Waals surface area contributed by atoms with Crippen LogP contribution in [0.25, 0.3) is 0 Å². The molecule has 0 heterocycles. The normalized spacial score (nSPS) is 9.87. The number of carbonyl (C=O) groups is 2. The van der Waals surface area contributed by atoms with E-state index in [1.54, 1.807) is 19.1 Å². The van der Waals surface area contributed by atoms with E-state index < -0.39 is 5.97 Å². The Hall–Kier alpha value is -3.35. The number of aromatic carboxylic acids is 1. The summed E-state index contributed by atoms with van der Waals surface area (Å²) in [6.07, 6.45) is 4.91. The molecule has 0 saturated carbocycles. The van der Waals surface area contributed by atoms with Crippen molar-refractivity contribution in [1.29, 1.82) is 0 Å². The fourth-order valence-corrected chi connectivity index (χ4v) is 2.37. The Bertz CT molecular complexity index is 798. The quantitative estimate of drug-likeness (QED) is 0.218. The Kier molecular flexibility index (Phi) is 12.1. The minimum absolute atomic E-state index is 0.251. The predicted molar refractivity (Wildman–Crippen MR) is 119 cm³/mol. The molecule has 0 fully saturated rings. The van der Waals surface area contributed by atoms with E-state index in [4.69, 9.17) is 20.3 Å². The van der Waals surface area contributed by atoms with E-state index in [9.17, 15) is 14.0 Å². The van der Waals surface area contributed by atoms with Crippen LogP contribution >= 0.6 is 0 Å². The van der Waals surface area contributed by atoms with Gasteiger partial charge < -0.3 is 20.3 Å². The number of carboxylic acids is 1. The van der Waals surface area contributed by atoms with Crippen molar-refractivity contribution in [2.45, 2.75) is 39.0 Å². The third kappa shape index (κ3) is 12.1. The van der Waals surface area contributed by atoms with Gasteiger partial charge in [0.25, 0.3) is 0 Å². The number of carbonyl (C=O) groups excluding carboxylic acids is 1. The first kappa shape index (κ1) is 25.7. The Morgan fingerprint density at radius 1 is 0.935 bits per heavy atom. The first-order chi connectivity index (χ1) is 14.8. The van der Waals surface area contributed by atoms with Gasteiger partial charge in [0.1, 0.15) is 11.6 Å². The van der Waals surface area contributed by atoms with Crippen molar-refractivity contribution < 1.29 is 28.6 Å². The highest BCUT2D eigenvalue weighted by molar-refractivity contribution is 5.87. The zero-order chi connectivity index (χ0) is 23.1. The molecule has 2 aromatic carbocycles. The number of ether oxygens (including phenoxy) is 2. The lowest BCUT2D eigenvalue weighted by molar-refractivity contribution is -0.139. The lowest BCUT2D eigenvalue weighted by Crippen LogP contribution is -2.06. The van der Waals surface area contributed by atoms with Crippen LogP contribution < -0.4 is 10.5 Å². The Morgan fingerprint density at radius 3 is 2.00 bits per heavy atom. The van der Waals surface area contributed by atoms with Crippen molar-refractivity contribution in [2.24, 2.45) is 0 Å². The summed E-state index contributed by atoms with van der Waals surface area (Å²) in [5, 5.41) is 8.80. The molecule has 7 heteroatoms. The highest BCUT2D eigenvalue weighted by Crippen LogP contribution is 2.13. The van der Waals surface area contributed by atoms with Gasteiger partial charge in [-0.2, -0.15) is 0 Å². The molecule has 2 aromatic rings. The molecule has 0 aromatic heterocycles. The van der Waals surface area contributed by atoms with Gasteiger partial charge >= 0.3 is 11.9 Å². The number of anilines is 1. The number of esters is 1. The van der Waals surface area contributed by atoms with E-state index in [1.165, 1.54) is 36.4 Å². The molecule has 2 rings (SSSR count). The summed E-state index contributed by atoms with van der Waals surface area (Å²) in [7, 11) is 0. The summed E-state index contributed by atoms with van der Waals surface area (Å²) in [6.45, 7) is 6.21. The van der Waals surface area contributed by atoms with Crippen molar-refractivity contribution in [3.63, 3.8) is 0 Å². The Labute approximate surface area is 182 Å². The molecule has 31 heavy (non-hydrogen) atoms. The first-order valence-electron chi connectivity index (χ1n) is 10.1. The maximum atomic E-state index is 12.0. The van der Waals surface area contributed by atoms with Crippen molar-refractivity contribution in [3.05, 3.63) is 72.1 Å². The molecule has 6 nitrogen and oxygen atoms in total. The number of halogens is 1. The van der Waals surface area contributed by atoms with Gasteiger partial charge in [0, 0.05) is 11.3 Å². The van der Waals surface area contributed by atoms with Crippen LogP contribution in [0.4, 0.5) is 10.1 Å². The molecule has 0 spiro atoms. The number of unbranched alkanes of at least 4 members (excludes halogenated alkanes) is 4. The van der Waals surface area contributed by atoms with E-state index in [1.807, 2.05) is 0 Å². The van der Waals surface area contributed by atoms with Gasteiger partial charge in [0.05, 0.1) is 18.8 Å². The summed E-state index contributed by atoms with van der Waals surface area (Å²) in [5.74, 6) is -0.835. The number of nitrogens with two attached hydrogens (primary N) is 1. The van der Waals surface area contributed by atoms with Crippen molar-refractivity contribution in [3.8, 4) is 5.75 Å². The number of benzene rings is 2. The van der Waals surface area contributed by atoms with Crippen LogP contribution in [-0.4, -0.2) is 30.3 Å². The SMILES string of the molecule is C=C(C)C(=O)OCCCCCCCOc1ccc(C(=O)O)cc1.Nc1ccc(F)cc1. The van der Waals surface area contributed by atoms with Gasteiger partial charge in [-0.15, -0.1) is 0 Å². The minimum Gasteiger partial charge on any atom is -0.494 e. The second-order valence-corrected chi connectivity index (χ2v) is 6.91. The van der Waals surface area contributed by atoms with E-state index in [0.717, 1.165) is 32.1 Å². The summed E-state index contributed by atoms with van der Waals surface area (Å²) < 4.78 is 22.6. The molecule has 0 amide bonds. The number of hydrogen-bond donors (Lipinski definition) is 2. The van der Waals surface area contributed by atoms with E-state index in [2.05, 4.69) is 6.58 Å². The van der Waals surface area contributed by atoms with Crippen LogP contribution in [0.2, 0.25) is 0 Å². The molecular formula is C24H30FNO5. The van der Waals surface area contributed by atoms with Crippen molar-refractivity contribution in [1.82, 2.24) is 0 Å². The van der Waals surface area contributed by atoms with E-state index >= 15 is 0 Å². The topological polar surface area (TPSA) is 98.8 Å². The zero-order valence-corrected chi connectivity index (χ0v) is 17.8. The summed E-state index contributed by atoms with van der Waals surface area (Å²) in [5.41, 5.74) is 6.53. The van der Waals surface area contributed by atoms with E-state index in [0.29, 0.717) is 30.2 Å². The number of hydrogen-bond acceptors (Lipinski definition) is 5. The smallest absolute Gasteiger partial charge is 0.335 e. The lowest BCUT2D eigenvalue weighted by Gasteiger charge is -2.07. The molecule has 0 aliphatic rings. The van der Waals surface area contributed by atoms with Gasteiger partial charge in [0.2, 0.25) is 0 Å².